The van der Waals surface area contributed by atoms with Crippen LogP contribution in [-0.2, 0) is 0 Å². The second-order valence-corrected chi connectivity index (χ2v) is 7.82. The lowest BCUT2D eigenvalue weighted by molar-refractivity contribution is 0.142. The van der Waals surface area contributed by atoms with Gasteiger partial charge in [0.05, 0.1) is 0 Å². The summed E-state index contributed by atoms with van der Waals surface area (Å²) in [6.07, 6.45) is 10.4. The molecule has 0 unspecified atom stereocenters. The topological polar surface area (TPSA) is 20.2 Å². The van der Waals surface area contributed by atoms with Gasteiger partial charge in [-0.05, 0) is 74.5 Å². The quantitative estimate of drug-likeness (QED) is 0.434. The summed E-state index contributed by atoms with van der Waals surface area (Å²) in [4.78, 5) is 0. The molecule has 0 spiro atoms. The first kappa shape index (κ1) is 12.0. The maximum Gasteiger partial charge on any atom is 0.119 e. The summed E-state index contributed by atoms with van der Waals surface area (Å²) in [6, 6.07) is 0. The van der Waals surface area contributed by atoms with Crippen molar-refractivity contribution in [2.75, 3.05) is 0 Å². The highest BCUT2D eigenvalue weighted by Gasteiger charge is 2.60. The van der Waals surface area contributed by atoms with Crippen molar-refractivity contribution >= 4 is 0 Å². The van der Waals surface area contributed by atoms with Crippen molar-refractivity contribution in [2.45, 2.75) is 45.1 Å². The lowest BCUT2D eigenvalue weighted by Crippen LogP contribution is -2.30. The lowest BCUT2D eigenvalue weighted by Gasteiger charge is -2.36. The Morgan fingerprint density at radius 1 is 1.11 bits per heavy atom. The highest BCUT2D eigenvalue weighted by atomic mass is 16.3. The summed E-state index contributed by atoms with van der Waals surface area (Å²) in [6.45, 7) is 3.55. The minimum absolute atomic E-state index is 0.814. The Balaban J connectivity index is 1.48. The van der Waals surface area contributed by atoms with E-state index in [0.717, 1.165) is 47.8 Å². The van der Waals surface area contributed by atoms with Gasteiger partial charge >= 0.3 is 0 Å². The largest absolute Gasteiger partial charge is 0.378 e. The maximum absolute atomic E-state index is 9.68. The average Bonchev–Trinajstić information content (AvgIpc) is 3.05. The van der Waals surface area contributed by atoms with E-state index in [2.05, 4.69) is 24.0 Å². The molecule has 19 heavy (non-hydrogen) atoms. The number of aliphatic hydroxyl groups is 1. The number of hydrogen-bond acceptors (Lipinski definition) is 1. The third kappa shape index (κ3) is 1.80. The van der Waals surface area contributed by atoms with E-state index in [1.54, 1.807) is 13.8 Å². The smallest absolute Gasteiger partial charge is 0.119 e. The third-order valence-electron chi connectivity index (χ3n) is 6.17. The Kier molecular flexibility index (Phi) is 2.46. The van der Waals surface area contributed by atoms with Gasteiger partial charge in [0.1, 0.15) is 5.60 Å². The van der Waals surface area contributed by atoms with Gasteiger partial charge in [-0.1, -0.05) is 24.0 Å². The Hall–Kier alpha value is -0.740. The summed E-state index contributed by atoms with van der Waals surface area (Å²) in [7, 11) is 0. The van der Waals surface area contributed by atoms with E-state index in [-0.39, 0.29) is 0 Å². The van der Waals surface area contributed by atoms with Crippen LogP contribution < -0.4 is 0 Å². The van der Waals surface area contributed by atoms with E-state index in [1.807, 2.05) is 0 Å². The molecule has 4 rings (SSSR count). The summed E-state index contributed by atoms with van der Waals surface area (Å²) in [5, 5.41) is 9.68. The fourth-order valence-electron chi connectivity index (χ4n) is 5.79. The second-order valence-electron chi connectivity index (χ2n) is 7.82. The van der Waals surface area contributed by atoms with Crippen molar-refractivity contribution in [3.8, 4) is 11.8 Å². The number of rotatable bonds is 1. The molecule has 0 aromatic heterocycles. The molecule has 4 aliphatic rings. The van der Waals surface area contributed by atoms with Crippen LogP contribution in [0.25, 0.3) is 0 Å². The molecule has 0 aromatic rings. The van der Waals surface area contributed by atoms with Crippen molar-refractivity contribution < 1.29 is 5.11 Å². The summed E-state index contributed by atoms with van der Waals surface area (Å²) < 4.78 is 0. The molecule has 4 aliphatic carbocycles. The zero-order valence-corrected chi connectivity index (χ0v) is 12.0. The summed E-state index contributed by atoms with van der Waals surface area (Å²) in [5.74, 6) is 12.8. The van der Waals surface area contributed by atoms with Crippen LogP contribution in [0.15, 0.2) is 12.2 Å². The molecule has 0 aromatic carbocycles. The number of allylic oxidation sites excluding steroid dienone is 2. The van der Waals surface area contributed by atoms with Gasteiger partial charge in [-0.3, -0.25) is 0 Å². The fourth-order valence-corrected chi connectivity index (χ4v) is 5.79. The Morgan fingerprint density at radius 2 is 1.84 bits per heavy atom. The maximum atomic E-state index is 9.68. The van der Waals surface area contributed by atoms with Crippen LogP contribution in [0.2, 0.25) is 0 Å². The zero-order valence-electron chi connectivity index (χ0n) is 12.0. The first-order valence-electron chi connectivity index (χ1n) is 7.93. The normalized spacial score (nSPS) is 49.3. The van der Waals surface area contributed by atoms with Crippen molar-refractivity contribution in [1.82, 2.24) is 0 Å². The van der Waals surface area contributed by atoms with Crippen molar-refractivity contribution in [1.29, 1.82) is 0 Å². The van der Waals surface area contributed by atoms with Crippen molar-refractivity contribution in [3.63, 3.8) is 0 Å². The Morgan fingerprint density at radius 3 is 2.58 bits per heavy atom. The van der Waals surface area contributed by atoms with Gasteiger partial charge in [-0.25, -0.2) is 0 Å². The summed E-state index contributed by atoms with van der Waals surface area (Å²) >= 11 is 0. The van der Waals surface area contributed by atoms with Gasteiger partial charge < -0.3 is 5.11 Å². The average molecular weight is 256 g/mol. The number of fused-ring (bicyclic) bond motifs is 9. The molecule has 1 nitrogen and oxygen atoms in total. The van der Waals surface area contributed by atoms with E-state index >= 15 is 0 Å². The minimum atomic E-state index is -0.824. The van der Waals surface area contributed by atoms with Gasteiger partial charge in [0.2, 0.25) is 0 Å². The van der Waals surface area contributed by atoms with Crippen LogP contribution in [0.1, 0.15) is 39.5 Å². The van der Waals surface area contributed by atoms with Crippen LogP contribution in [0, 0.1) is 53.3 Å². The molecule has 1 N–H and O–H groups in total. The first-order chi connectivity index (χ1) is 9.03. The van der Waals surface area contributed by atoms with Gasteiger partial charge in [0.25, 0.3) is 0 Å². The molecular weight excluding hydrogens is 232 g/mol. The van der Waals surface area contributed by atoms with Gasteiger partial charge in [0.15, 0.2) is 0 Å². The molecule has 102 valence electrons. The molecule has 4 bridgehead atoms. The van der Waals surface area contributed by atoms with Crippen molar-refractivity contribution in [3.05, 3.63) is 12.2 Å². The van der Waals surface area contributed by atoms with Crippen LogP contribution in [-0.4, -0.2) is 10.7 Å². The monoisotopic (exact) mass is 256 g/mol. The molecule has 7 atom stereocenters. The molecule has 0 saturated heterocycles. The van der Waals surface area contributed by atoms with E-state index in [9.17, 15) is 5.11 Å². The van der Waals surface area contributed by atoms with E-state index in [4.69, 9.17) is 0 Å². The minimum Gasteiger partial charge on any atom is -0.378 e. The predicted molar refractivity (Wildman–Crippen MR) is 76.1 cm³/mol. The Labute approximate surface area is 116 Å². The SMILES string of the molecule is CC(C)(O)C#CC[C@@H]1C[C@@H]2C[C@@H]1[C@@H]1[C@@H]2[C@H]2C=C[C@H]1C2. The third-order valence-corrected chi connectivity index (χ3v) is 6.17. The van der Waals surface area contributed by atoms with Gasteiger partial charge in [-0.2, -0.15) is 0 Å². The number of hydrogen-bond donors (Lipinski definition) is 1. The van der Waals surface area contributed by atoms with Gasteiger partial charge in [-0.15, -0.1) is 0 Å². The lowest BCUT2D eigenvalue weighted by atomic mass is 9.69. The Bertz CT molecular complexity index is 472. The van der Waals surface area contributed by atoms with Gasteiger partial charge in [0, 0.05) is 6.42 Å². The van der Waals surface area contributed by atoms with Crippen LogP contribution in [0.4, 0.5) is 0 Å². The van der Waals surface area contributed by atoms with Crippen LogP contribution >= 0.6 is 0 Å². The highest BCUT2D eigenvalue weighted by molar-refractivity contribution is 5.21. The summed E-state index contributed by atoms with van der Waals surface area (Å²) in [5.41, 5.74) is -0.824. The van der Waals surface area contributed by atoms with E-state index in [1.165, 1.54) is 19.3 Å². The predicted octanol–water partition coefficient (Wildman–Crippen LogP) is 3.25. The standard InChI is InChI=1S/C18H24O/c1-18(2,19)7-3-4-11-8-14-10-15(11)17-13-6-5-12(9-13)16(14)17/h5-6,11-17,19H,4,8-10H2,1-2H3/t11-,12+,13+,14-,15+,16-,17-/m1/s1. The molecular formula is C18H24O. The van der Waals surface area contributed by atoms with Crippen LogP contribution in [0.5, 0.6) is 0 Å². The van der Waals surface area contributed by atoms with E-state index in [0.29, 0.717) is 0 Å². The second kappa shape index (κ2) is 3.89. The molecule has 1 heteroatoms. The molecule has 0 radical (unpaired) electrons. The molecule has 0 aliphatic heterocycles. The first-order valence-corrected chi connectivity index (χ1v) is 7.93. The molecule has 0 amide bonds. The molecule has 3 saturated carbocycles. The molecule has 3 fully saturated rings. The zero-order chi connectivity index (χ0) is 13.2. The van der Waals surface area contributed by atoms with Crippen molar-refractivity contribution in [2.24, 2.45) is 41.4 Å². The van der Waals surface area contributed by atoms with E-state index < -0.39 is 5.60 Å². The highest BCUT2D eigenvalue weighted by Crippen LogP contribution is 2.67. The van der Waals surface area contributed by atoms with Crippen LogP contribution in [0.3, 0.4) is 0 Å². The molecule has 0 heterocycles. The fraction of sp³-hybridized carbons (Fsp3) is 0.778.